The van der Waals surface area contributed by atoms with Crippen molar-refractivity contribution in [2.45, 2.75) is 20.3 Å². The SMILES string of the molecule is CCC.c1ccc(-c2nc(-c3cccc(-n4c5cc6ccccc6cc5c5cccc(-c6cccc7oc8ccccc8c67)c54)c3)nc(-c3ccc4c(c3)oc3ccccc34)n2)cc1. The lowest BCUT2D eigenvalue weighted by Crippen LogP contribution is -2.01. The first-order valence-electron chi connectivity index (χ1n) is 21.8. The zero-order valence-electron chi connectivity index (χ0n) is 35.3. The zero-order valence-corrected chi connectivity index (χ0v) is 35.3. The largest absolute Gasteiger partial charge is 0.456 e. The number of furan rings is 2. The number of hydrogen-bond donors (Lipinski definition) is 0. The third kappa shape index (κ3) is 6.14. The normalized spacial score (nSPS) is 11.7. The highest BCUT2D eigenvalue weighted by Gasteiger charge is 2.22. The molecule has 0 bridgehead atoms. The van der Waals surface area contributed by atoms with E-state index in [0.717, 1.165) is 88.4 Å². The van der Waals surface area contributed by atoms with E-state index >= 15 is 0 Å². The molecule has 0 N–H and O–H groups in total. The van der Waals surface area contributed by atoms with Crippen molar-refractivity contribution >= 4 is 76.5 Å². The summed E-state index contributed by atoms with van der Waals surface area (Å²) in [6.45, 7) is 4.25. The van der Waals surface area contributed by atoms with Gasteiger partial charge >= 0.3 is 0 Å². The van der Waals surface area contributed by atoms with Crippen LogP contribution in [0.3, 0.4) is 0 Å². The Hall–Kier alpha value is -8.35. The molecule has 0 unspecified atom stereocenters. The molecule has 0 atom stereocenters. The Labute approximate surface area is 368 Å². The lowest BCUT2D eigenvalue weighted by Gasteiger charge is -2.14. The van der Waals surface area contributed by atoms with Gasteiger partial charge in [0.15, 0.2) is 17.5 Å². The van der Waals surface area contributed by atoms with Gasteiger partial charge in [-0.1, -0.05) is 160 Å². The first kappa shape index (κ1) is 37.4. The summed E-state index contributed by atoms with van der Waals surface area (Å²) in [5, 5.41) is 9.06. The van der Waals surface area contributed by atoms with Crippen LogP contribution in [0.5, 0.6) is 0 Å². The predicted octanol–water partition coefficient (Wildman–Crippen LogP) is 16.0. The van der Waals surface area contributed by atoms with Gasteiger partial charge in [0.25, 0.3) is 0 Å². The number of fused-ring (bicyclic) bond motifs is 10. The Morgan fingerprint density at radius 3 is 1.73 bits per heavy atom. The Morgan fingerprint density at radius 2 is 0.938 bits per heavy atom. The van der Waals surface area contributed by atoms with Crippen molar-refractivity contribution in [2.75, 3.05) is 0 Å². The van der Waals surface area contributed by atoms with E-state index in [4.69, 9.17) is 23.8 Å². The third-order valence-corrected chi connectivity index (χ3v) is 12.0. The molecule has 0 saturated carbocycles. The van der Waals surface area contributed by atoms with Crippen LogP contribution in [0.4, 0.5) is 0 Å². The highest BCUT2D eigenvalue weighted by Crippen LogP contribution is 2.44. The van der Waals surface area contributed by atoms with Crippen LogP contribution in [0, 0.1) is 0 Å². The number of para-hydroxylation sites is 3. The van der Waals surface area contributed by atoms with E-state index in [1.54, 1.807) is 0 Å². The highest BCUT2D eigenvalue weighted by atomic mass is 16.3. The minimum Gasteiger partial charge on any atom is -0.456 e. The van der Waals surface area contributed by atoms with Crippen molar-refractivity contribution < 1.29 is 8.83 Å². The summed E-state index contributed by atoms with van der Waals surface area (Å²) in [5.74, 6) is 1.75. The summed E-state index contributed by atoms with van der Waals surface area (Å²) < 4.78 is 15.1. The molecule has 6 heteroatoms. The molecule has 13 aromatic rings. The highest BCUT2D eigenvalue weighted by molar-refractivity contribution is 6.20. The predicted molar refractivity (Wildman–Crippen MR) is 264 cm³/mol. The zero-order chi connectivity index (χ0) is 42.7. The number of benzene rings is 9. The van der Waals surface area contributed by atoms with Crippen LogP contribution in [0.15, 0.2) is 203 Å². The van der Waals surface area contributed by atoms with Gasteiger partial charge in [-0.3, -0.25) is 0 Å². The average Bonchev–Trinajstić information content (AvgIpc) is 4.03. The van der Waals surface area contributed by atoms with Gasteiger partial charge in [0.05, 0.1) is 11.0 Å². The summed E-state index contributed by atoms with van der Waals surface area (Å²) in [6, 6.07) is 67.5. The molecule has 0 aliphatic heterocycles. The van der Waals surface area contributed by atoms with Crippen LogP contribution >= 0.6 is 0 Å². The minimum absolute atomic E-state index is 0.572. The van der Waals surface area contributed by atoms with E-state index in [9.17, 15) is 0 Å². The Balaban J connectivity index is 0.00000141. The minimum atomic E-state index is 0.572. The van der Waals surface area contributed by atoms with Crippen molar-refractivity contribution in [1.82, 2.24) is 19.5 Å². The molecule has 0 aliphatic rings. The fraction of sp³-hybridized carbons (Fsp3) is 0.0517. The van der Waals surface area contributed by atoms with Crippen LogP contribution in [0.1, 0.15) is 20.3 Å². The lowest BCUT2D eigenvalue weighted by atomic mass is 9.97. The molecule has 13 rings (SSSR count). The maximum atomic E-state index is 6.40. The van der Waals surface area contributed by atoms with Crippen molar-refractivity contribution in [2.24, 2.45) is 0 Å². The van der Waals surface area contributed by atoms with Crippen molar-refractivity contribution in [3.05, 3.63) is 194 Å². The summed E-state index contributed by atoms with van der Waals surface area (Å²) in [7, 11) is 0. The van der Waals surface area contributed by atoms with E-state index in [1.807, 2.05) is 66.7 Å². The molecule has 9 aromatic carbocycles. The summed E-state index contributed by atoms with van der Waals surface area (Å²) >= 11 is 0. The van der Waals surface area contributed by atoms with Gasteiger partial charge in [0, 0.05) is 60.3 Å². The van der Waals surface area contributed by atoms with Crippen molar-refractivity contribution in [1.29, 1.82) is 0 Å². The molecule has 304 valence electrons. The van der Waals surface area contributed by atoms with Gasteiger partial charge in [-0.15, -0.1) is 0 Å². The second-order valence-electron chi connectivity index (χ2n) is 16.3. The molecule has 0 fully saturated rings. The maximum absolute atomic E-state index is 6.40. The Bertz CT molecular complexity index is 3910. The monoisotopic (exact) mass is 824 g/mol. The van der Waals surface area contributed by atoms with Crippen LogP contribution in [-0.4, -0.2) is 19.5 Å². The van der Waals surface area contributed by atoms with Crippen LogP contribution < -0.4 is 0 Å². The molecule has 4 heterocycles. The topological polar surface area (TPSA) is 69.9 Å². The number of rotatable bonds is 5. The van der Waals surface area contributed by atoms with Crippen molar-refractivity contribution in [3.8, 4) is 51.0 Å². The van der Waals surface area contributed by atoms with Gasteiger partial charge in [0.1, 0.15) is 22.3 Å². The van der Waals surface area contributed by atoms with Crippen molar-refractivity contribution in [3.63, 3.8) is 0 Å². The molecular formula is C58H40N4O2. The molecule has 6 nitrogen and oxygen atoms in total. The average molecular weight is 825 g/mol. The van der Waals surface area contributed by atoms with Gasteiger partial charge < -0.3 is 13.4 Å². The molecule has 0 aliphatic carbocycles. The lowest BCUT2D eigenvalue weighted by molar-refractivity contribution is 0.668. The second-order valence-corrected chi connectivity index (χ2v) is 16.3. The van der Waals surface area contributed by atoms with E-state index in [0.29, 0.717) is 17.5 Å². The molecule has 0 radical (unpaired) electrons. The molecule has 4 aromatic heterocycles. The van der Waals surface area contributed by atoms with Gasteiger partial charge in [-0.05, 0) is 70.9 Å². The molecular weight excluding hydrogens is 785 g/mol. The van der Waals surface area contributed by atoms with Crippen LogP contribution in [0.25, 0.3) is 127 Å². The van der Waals surface area contributed by atoms with E-state index in [2.05, 4.69) is 146 Å². The van der Waals surface area contributed by atoms with Gasteiger partial charge in [0.2, 0.25) is 0 Å². The second kappa shape index (κ2) is 15.2. The molecule has 64 heavy (non-hydrogen) atoms. The first-order valence-corrected chi connectivity index (χ1v) is 21.8. The fourth-order valence-electron chi connectivity index (χ4n) is 9.24. The van der Waals surface area contributed by atoms with E-state index in [1.165, 1.54) is 28.0 Å². The van der Waals surface area contributed by atoms with Crippen LogP contribution in [0.2, 0.25) is 0 Å². The quantitative estimate of drug-likeness (QED) is 0.173. The number of hydrogen-bond acceptors (Lipinski definition) is 5. The van der Waals surface area contributed by atoms with Gasteiger partial charge in [-0.25, -0.2) is 15.0 Å². The van der Waals surface area contributed by atoms with Crippen LogP contribution in [-0.2, 0) is 0 Å². The summed E-state index contributed by atoms with van der Waals surface area (Å²) in [5.41, 5.74) is 11.5. The smallest absolute Gasteiger partial charge is 0.164 e. The summed E-state index contributed by atoms with van der Waals surface area (Å²) in [4.78, 5) is 15.4. The van der Waals surface area contributed by atoms with E-state index < -0.39 is 0 Å². The third-order valence-electron chi connectivity index (χ3n) is 12.0. The molecule has 0 amide bonds. The standard InChI is InChI=1S/C55H32N4O2.C3H8/c1-2-13-33(14-3-1)53-56-54(58-55(57-53)37-27-28-40-39-19-6-8-24-47(39)61-50(40)32-37)36-17-10-18-38(29-36)59-46-31-35-16-5-4-15-34(35)30-45(46)43-23-11-22-42(52(43)59)41-21-12-26-49-51(41)44-20-7-9-25-48(44)60-49;1-3-2/h1-32H;3H2,1-2H3. The Kier molecular flexibility index (Phi) is 8.90. The Morgan fingerprint density at radius 1 is 0.391 bits per heavy atom. The molecule has 0 spiro atoms. The number of aromatic nitrogens is 4. The fourth-order valence-corrected chi connectivity index (χ4v) is 9.24. The number of nitrogens with zero attached hydrogens (tertiary/aromatic N) is 4. The summed E-state index contributed by atoms with van der Waals surface area (Å²) in [6.07, 6.45) is 1.25. The first-order chi connectivity index (χ1) is 31.6. The molecule has 0 saturated heterocycles. The maximum Gasteiger partial charge on any atom is 0.164 e. The van der Waals surface area contributed by atoms with E-state index in [-0.39, 0.29) is 0 Å². The van der Waals surface area contributed by atoms with Gasteiger partial charge in [-0.2, -0.15) is 0 Å².